The Balaban J connectivity index is 1.54. The summed E-state index contributed by atoms with van der Waals surface area (Å²) >= 11 is 7.60. The lowest BCUT2D eigenvalue weighted by Gasteiger charge is -2.37. The summed E-state index contributed by atoms with van der Waals surface area (Å²) in [4.78, 5) is 21.2. The lowest BCUT2D eigenvalue weighted by Crippen LogP contribution is -2.52. The number of amides is 1. The van der Waals surface area contributed by atoms with Gasteiger partial charge in [-0.1, -0.05) is 17.7 Å². The van der Waals surface area contributed by atoms with Crippen LogP contribution in [0.25, 0.3) is 0 Å². The number of aromatic nitrogens is 1. The van der Waals surface area contributed by atoms with Crippen LogP contribution in [0, 0.1) is 0 Å². The van der Waals surface area contributed by atoms with Gasteiger partial charge in [0, 0.05) is 48.5 Å². The van der Waals surface area contributed by atoms with Crippen LogP contribution >= 0.6 is 22.9 Å². The molecule has 2 heterocycles. The molecule has 2 aromatic rings. The van der Waals surface area contributed by atoms with Crippen LogP contribution in [-0.4, -0.2) is 48.0 Å². The number of benzene rings is 1. The molecular weight excluding hydrogens is 332 g/mol. The minimum absolute atomic E-state index is 0.00466. The van der Waals surface area contributed by atoms with E-state index in [0.29, 0.717) is 5.02 Å². The van der Waals surface area contributed by atoms with E-state index < -0.39 is 0 Å². The fourth-order valence-corrected chi connectivity index (χ4v) is 3.54. The van der Waals surface area contributed by atoms with Gasteiger partial charge in [0.15, 0.2) is 5.13 Å². The zero-order valence-corrected chi connectivity index (χ0v) is 14.5. The molecule has 5 nitrogen and oxygen atoms in total. The molecule has 0 saturated carbocycles. The van der Waals surface area contributed by atoms with Gasteiger partial charge in [-0.2, -0.15) is 0 Å². The van der Waals surface area contributed by atoms with Crippen molar-refractivity contribution in [2.45, 2.75) is 13.0 Å². The van der Waals surface area contributed by atoms with E-state index in [4.69, 9.17) is 11.6 Å². The number of thiazole rings is 1. The molecule has 1 aromatic carbocycles. The van der Waals surface area contributed by atoms with Gasteiger partial charge >= 0.3 is 0 Å². The molecule has 0 unspecified atom stereocenters. The number of halogens is 1. The van der Waals surface area contributed by atoms with Crippen molar-refractivity contribution in [2.24, 2.45) is 0 Å². The molecule has 1 saturated heterocycles. The molecule has 7 heteroatoms. The van der Waals surface area contributed by atoms with Gasteiger partial charge in [-0.05, 0) is 25.1 Å². The van der Waals surface area contributed by atoms with Gasteiger partial charge in [0.25, 0.3) is 0 Å². The third-order valence-corrected chi connectivity index (χ3v) is 5.09. The summed E-state index contributed by atoms with van der Waals surface area (Å²) in [6.45, 7) is 5.43. The number of nitrogens with one attached hydrogen (secondary N) is 1. The van der Waals surface area contributed by atoms with E-state index in [1.165, 1.54) is 0 Å². The number of hydrogen-bond donors (Lipinski definition) is 1. The zero-order valence-electron chi connectivity index (χ0n) is 12.9. The van der Waals surface area contributed by atoms with Crippen molar-refractivity contribution in [3.8, 4) is 0 Å². The Morgan fingerprint density at radius 1 is 1.35 bits per heavy atom. The molecule has 1 aliphatic rings. The number of carbonyl (C=O) groups is 1. The highest BCUT2D eigenvalue weighted by molar-refractivity contribution is 7.13. The van der Waals surface area contributed by atoms with E-state index in [0.717, 1.165) is 37.0 Å². The summed E-state index contributed by atoms with van der Waals surface area (Å²) in [5, 5.41) is 6.59. The molecule has 23 heavy (non-hydrogen) atoms. The monoisotopic (exact) mass is 350 g/mol. The van der Waals surface area contributed by atoms with Gasteiger partial charge in [0.2, 0.25) is 5.91 Å². The Bertz CT molecular complexity index is 656. The second kappa shape index (κ2) is 7.29. The average Bonchev–Trinajstić information content (AvgIpc) is 3.09. The van der Waals surface area contributed by atoms with Crippen LogP contribution in [-0.2, 0) is 4.79 Å². The molecule has 0 bridgehead atoms. The first-order chi connectivity index (χ1) is 11.1. The molecule has 122 valence electrons. The van der Waals surface area contributed by atoms with Crippen molar-refractivity contribution in [1.29, 1.82) is 0 Å². The SMILES string of the molecule is C[C@@H](C(=O)Nc1cccc(Cl)c1)N1CCN(c2nccs2)CC1. The van der Waals surface area contributed by atoms with Gasteiger partial charge in [-0.15, -0.1) is 11.3 Å². The molecule has 0 spiro atoms. The van der Waals surface area contributed by atoms with E-state index in [9.17, 15) is 4.79 Å². The summed E-state index contributed by atoms with van der Waals surface area (Å²) in [6.07, 6.45) is 1.83. The maximum atomic E-state index is 12.4. The molecule has 3 rings (SSSR count). The second-order valence-corrected chi connectivity index (χ2v) is 6.82. The van der Waals surface area contributed by atoms with Crippen molar-refractivity contribution >= 4 is 39.7 Å². The number of nitrogens with zero attached hydrogens (tertiary/aromatic N) is 3. The summed E-state index contributed by atoms with van der Waals surface area (Å²) in [5.74, 6) is -0.00466. The maximum absolute atomic E-state index is 12.4. The van der Waals surface area contributed by atoms with E-state index >= 15 is 0 Å². The molecule has 1 aromatic heterocycles. The molecule has 0 aliphatic carbocycles. The van der Waals surface area contributed by atoms with Crippen LogP contribution in [0.5, 0.6) is 0 Å². The fraction of sp³-hybridized carbons (Fsp3) is 0.375. The Hall–Kier alpha value is -1.63. The van der Waals surface area contributed by atoms with E-state index in [2.05, 4.69) is 20.1 Å². The van der Waals surface area contributed by atoms with Gasteiger partial charge in [0.1, 0.15) is 0 Å². The molecular formula is C16H19ClN4OS. The van der Waals surface area contributed by atoms with Crippen LogP contribution in [0.2, 0.25) is 5.02 Å². The van der Waals surface area contributed by atoms with Crippen LogP contribution in [0.4, 0.5) is 10.8 Å². The normalized spacial score (nSPS) is 17.0. The third kappa shape index (κ3) is 4.02. The predicted octanol–water partition coefficient (Wildman–Crippen LogP) is 2.95. The van der Waals surface area contributed by atoms with Crippen molar-refractivity contribution in [2.75, 3.05) is 36.4 Å². The number of carbonyl (C=O) groups excluding carboxylic acids is 1. The number of rotatable bonds is 4. The van der Waals surface area contributed by atoms with Crippen molar-refractivity contribution < 1.29 is 4.79 Å². The predicted molar refractivity (Wildman–Crippen MR) is 95.4 cm³/mol. The summed E-state index contributed by atoms with van der Waals surface area (Å²) in [5.41, 5.74) is 0.732. The van der Waals surface area contributed by atoms with Gasteiger partial charge < -0.3 is 10.2 Å². The molecule has 1 N–H and O–H groups in total. The number of hydrogen-bond acceptors (Lipinski definition) is 5. The van der Waals surface area contributed by atoms with E-state index in [1.54, 1.807) is 23.5 Å². The third-order valence-electron chi connectivity index (χ3n) is 4.02. The standard InChI is InChI=1S/C16H19ClN4OS/c1-12(15(22)19-14-4-2-3-13(17)11-14)20-6-8-21(9-7-20)16-18-5-10-23-16/h2-5,10-12H,6-9H2,1H3,(H,19,22)/t12-/m0/s1. The highest BCUT2D eigenvalue weighted by Crippen LogP contribution is 2.20. The second-order valence-electron chi connectivity index (χ2n) is 5.51. The Labute approximate surface area is 144 Å². The lowest BCUT2D eigenvalue weighted by atomic mass is 10.2. The Morgan fingerprint density at radius 2 is 2.13 bits per heavy atom. The van der Waals surface area contributed by atoms with Crippen molar-refractivity contribution in [3.05, 3.63) is 40.9 Å². The minimum atomic E-state index is -0.174. The number of anilines is 2. The molecule has 1 atom stereocenters. The number of piperazine rings is 1. The minimum Gasteiger partial charge on any atom is -0.346 e. The van der Waals surface area contributed by atoms with Crippen LogP contribution < -0.4 is 10.2 Å². The first kappa shape index (κ1) is 16.2. The highest BCUT2D eigenvalue weighted by atomic mass is 35.5. The largest absolute Gasteiger partial charge is 0.346 e. The first-order valence-electron chi connectivity index (χ1n) is 7.58. The zero-order chi connectivity index (χ0) is 16.2. The van der Waals surface area contributed by atoms with Crippen molar-refractivity contribution in [3.63, 3.8) is 0 Å². The fourth-order valence-electron chi connectivity index (χ4n) is 2.65. The van der Waals surface area contributed by atoms with Gasteiger partial charge in [-0.3, -0.25) is 9.69 Å². The Kier molecular flexibility index (Phi) is 5.15. The van der Waals surface area contributed by atoms with E-state index in [1.807, 2.05) is 30.6 Å². The molecule has 1 amide bonds. The quantitative estimate of drug-likeness (QED) is 0.921. The maximum Gasteiger partial charge on any atom is 0.241 e. The molecule has 1 fully saturated rings. The summed E-state index contributed by atoms with van der Waals surface area (Å²) in [7, 11) is 0. The van der Waals surface area contributed by atoms with E-state index in [-0.39, 0.29) is 11.9 Å². The van der Waals surface area contributed by atoms with Crippen molar-refractivity contribution in [1.82, 2.24) is 9.88 Å². The lowest BCUT2D eigenvalue weighted by molar-refractivity contribution is -0.120. The molecule has 0 radical (unpaired) electrons. The smallest absolute Gasteiger partial charge is 0.241 e. The van der Waals surface area contributed by atoms with Crippen LogP contribution in [0.15, 0.2) is 35.8 Å². The van der Waals surface area contributed by atoms with Crippen LogP contribution in [0.1, 0.15) is 6.92 Å². The Morgan fingerprint density at radius 3 is 2.78 bits per heavy atom. The average molecular weight is 351 g/mol. The summed E-state index contributed by atoms with van der Waals surface area (Å²) in [6, 6.07) is 7.05. The van der Waals surface area contributed by atoms with Gasteiger partial charge in [0.05, 0.1) is 6.04 Å². The highest BCUT2D eigenvalue weighted by Gasteiger charge is 2.26. The molecule has 1 aliphatic heterocycles. The topological polar surface area (TPSA) is 48.5 Å². The van der Waals surface area contributed by atoms with Crippen LogP contribution in [0.3, 0.4) is 0 Å². The summed E-state index contributed by atoms with van der Waals surface area (Å²) < 4.78 is 0. The first-order valence-corrected chi connectivity index (χ1v) is 8.84. The van der Waals surface area contributed by atoms with Gasteiger partial charge in [-0.25, -0.2) is 4.98 Å².